The summed E-state index contributed by atoms with van der Waals surface area (Å²) in [6, 6.07) is 16.5. The Morgan fingerprint density at radius 1 is 0.842 bits per heavy atom. The molecular weight excluding hydrogens is 472 g/mol. The van der Waals surface area contributed by atoms with Crippen LogP contribution in [0.4, 0.5) is 0 Å². The molecule has 1 N–H and O–H groups in total. The van der Waals surface area contributed by atoms with E-state index < -0.39 is 0 Å². The Kier molecular flexibility index (Phi) is 6.90. The van der Waals surface area contributed by atoms with Gasteiger partial charge in [0.1, 0.15) is 0 Å². The number of para-hydroxylation sites is 2. The van der Waals surface area contributed by atoms with E-state index in [9.17, 15) is 9.59 Å². The van der Waals surface area contributed by atoms with Crippen LogP contribution in [0.1, 0.15) is 43.2 Å². The minimum absolute atomic E-state index is 0.246. The zero-order valence-electron chi connectivity index (χ0n) is 22.2. The average Bonchev–Trinajstić information content (AvgIpc) is 3.68. The van der Waals surface area contributed by atoms with E-state index in [1.807, 2.05) is 18.2 Å². The Labute approximate surface area is 223 Å². The lowest BCUT2D eigenvalue weighted by molar-refractivity contribution is -0.115. The molecule has 0 radical (unpaired) electrons. The smallest absolute Gasteiger partial charge is 0.252 e. The largest absolute Gasteiger partial charge is 0.355 e. The quantitative estimate of drug-likeness (QED) is 0.378. The maximum absolute atomic E-state index is 13.4. The van der Waals surface area contributed by atoms with Crippen molar-refractivity contribution in [3.8, 4) is 0 Å². The molecule has 2 aromatic heterocycles. The maximum Gasteiger partial charge on any atom is 0.252 e. The number of likely N-dealkylation sites (tertiary alicyclic amines) is 1. The number of carbonyl (C=O) groups is 2. The summed E-state index contributed by atoms with van der Waals surface area (Å²) in [5.74, 6) is 0.370. The number of nitrogens with zero attached hydrogens (tertiary/aromatic N) is 3. The average molecular weight is 509 g/mol. The molecule has 4 heterocycles. The minimum Gasteiger partial charge on any atom is -0.355 e. The summed E-state index contributed by atoms with van der Waals surface area (Å²) >= 11 is 0. The van der Waals surface area contributed by atoms with Crippen molar-refractivity contribution < 1.29 is 9.59 Å². The van der Waals surface area contributed by atoms with Crippen LogP contribution in [0.25, 0.3) is 33.0 Å². The molecule has 2 aromatic carbocycles. The van der Waals surface area contributed by atoms with Gasteiger partial charge in [0.25, 0.3) is 5.91 Å². The summed E-state index contributed by atoms with van der Waals surface area (Å²) < 4.78 is 4.57. The number of hydrogen-bond acceptors (Lipinski definition) is 3. The second kappa shape index (κ2) is 10.6. The summed E-state index contributed by atoms with van der Waals surface area (Å²) in [5.41, 5.74) is 4.71. The lowest BCUT2D eigenvalue weighted by Gasteiger charge is -2.24. The van der Waals surface area contributed by atoms with E-state index in [2.05, 4.69) is 62.1 Å². The lowest BCUT2D eigenvalue weighted by Crippen LogP contribution is -2.27. The third kappa shape index (κ3) is 4.47. The molecule has 0 saturated carbocycles. The van der Waals surface area contributed by atoms with Crippen LogP contribution < -0.4 is 5.32 Å². The molecule has 6 heteroatoms. The Morgan fingerprint density at radius 2 is 1.47 bits per heavy atom. The lowest BCUT2D eigenvalue weighted by atomic mass is 9.94. The van der Waals surface area contributed by atoms with Crippen molar-refractivity contribution in [2.24, 2.45) is 5.92 Å². The topological polar surface area (TPSA) is 59.3 Å². The van der Waals surface area contributed by atoms with Crippen LogP contribution >= 0.6 is 0 Å². The highest BCUT2D eigenvalue weighted by atomic mass is 16.1. The van der Waals surface area contributed by atoms with Gasteiger partial charge < -0.3 is 19.4 Å². The molecule has 4 bridgehead atoms. The molecule has 1 amide bonds. The predicted octanol–water partition coefficient (Wildman–Crippen LogP) is 5.35. The van der Waals surface area contributed by atoms with Crippen LogP contribution in [0.5, 0.6) is 0 Å². The number of carbonyl (C=O) groups excluding carboxylic acids is 2. The molecule has 2 aliphatic heterocycles. The van der Waals surface area contributed by atoms with E-state index in [0.717, 1.165) is 71.7 Å². The molecule has 0 spiro atoms. The molecule has 1 unspecified atom stereocenters. The Bertz CT molecular complexity index is 1520. The number of allylic oxidation sites excluding steroid dienone is 1. The Morgan fingerprint density at radius 3 is 2.16 bits per heavy atom. The third-order valence-corrected chi connectivity index (χ3v) is 8.48. The molecule has 6 rings (SSSR count). The molecule has 196 valence electrons. The fraction of sp³-hybridized carbons (Fsp3) is 0.375. The van der Waals surface area contributed by atoms with Gasteiger partial charge in [0.05, 0.1) is 5.57 Å². The first kappa shape index (κ1) is 24.7. The van der Waals surface area contributed by atoms with Crippen LogP contribution in [0, 0.1) is 5.92 Å². The second-order valence-electron chi connectivity index (χ2n) is 10.8. The van der Waals surface area contributed by atoms with Crippen molar-refractivity contribution in [2.75, 3.05) is 26.7 Å². The molecule has 1 atom stereocenters. The van der Waals surface area contributed by atoms with E-state index in [1.54, 1.807) is 7.05 Å². The van der Waals surface area contributed by atoms with Gasteiger partial charge in [-0.15, -0.1) is 0 Å². The van der Waals surface area contributed by atoms with Gasteiger partial charge >= 0.3 is 0 Å². The molecule has 1 fully saturated rings. The SMILES string of the molecule is CNC(=O)/C1=C(\C=O)c2cn(c3ccccc23)CCC(CN2CCCC2)CCCn2cc1c1ccccc12. The van der Waals surface area contributed by atoms with Crippen molar-refractivity contribution in [1.82, 2.24) is 19.4 Å². The molecule has 4 aromatic rings. The first-order valence-electron chi connectivity index (χ1n) is 14.0. The highest BCUT2D eigenvalue weighted by Gasteiger charge is 2.25. The molecule has 38 heavy (non-hydrogen) atoms. The van der Waals surface area contributed by atoms with Gasteiger partial charge in [-0.25, -0.2) is 0 Å². The van der Waals surface area contributed by atoms with Gasteiger partial charge in [0.15, 0.2) is 6.29 Å². The van der Waals surface area contributed by atoms with Gasteiger partial charge in [0.2, 0.25) is 0 Å². The highest BCUT2D eigenvalue weighted by Crippen LogP contribution is 2.36. The second-order valence-corrected chi connectivity index (χ2v) is 10.8. The molecule has 1 saturated heterocycles. The van der Waals surface area contributed by atoms with Gasteiger partial charge in [-0.05, 0) is 63.2 Å². The first-order chi connectivity index (χ1) is 18.7. The zero-order valence-corrected chi connectivity index (χ0v) is 22.2. The predicted molar refractivity (Wildman–Crippen MR) is 154 cm³/mol. The number of aryl methyl sites for hydroxylation is 2. The maximum atomic E-state index is 13.4. The van der Waals surface area contributed by atoms with E-state index in [-0.39, 0.29) is 5.91 Å². The first-order valence-corrected chi connectivity index (χ1v) is 14.0. The summed E-state index contributed by atoms with van der Waals surface area (Å²) in [6.45, 7) is 5.38. The van der Waals surface area contributed by atoms with Crippen molar-refractivity contribution in [2.45, 2.75) is 45.2 Å². The number of nitrogens with one attached hydrogen (secondary N) is 1. The normalized spacial score (nSPS) is 21.0. The molecule has 6 nitrogen and oxygen atoms in total. The van der Waals surface area contributed by atoms with Crippen LogP contribution in [0.3, 0.4) is 0 Å². The van der Waals surface area contributed by atoms with Crippen LogP contribution in [-0.4, -0.2) is 52.9 Å². The Balaban J connectivity index is 1.56. The van der Waals surface area contributed by atoms with Gasteiger partial charge in [0, 0.05) is 77.6 Å². The number of rotatable bonds is 4. The van der Waals surface area contributed by atoms with Gasteiger partial charge in [-0.1, -0.05) is 36.4 Å². The van der Waals surface area contributed by atoms with Crippen LogP contribution in [0.2, 0.25) is 0 Å². The highest BCUT2D eigenvalue weighted by molar-refractivity contribution is 6.38. The standard InChI is InChI=1S/C32H36N4O2/c1-33-32(38)31-27-21-35(30-13-5-3-11-25(27)30)17-8-9-23(19-34-15-6-7-16-34)14-18-36-20-26(28(31)22-37)24-10-2-4-12-29(24)36/h2-5,10-13,20-23H,6-9,14-19H2,1H3,(H,33,38)/b31-28+. The van der Waals surface area contributed by atoms with Crippen molar-refractivity contribution >= 4 is 45.1 Å². The Hall–Kier alpha value is -3.64. The van der Waals surface area contributed by atoms with E-state index in [1.165, 1.54) is 32.4 Å². The van der Waals surface area contributed by atoms with E-state index in [0.29, 0.717) is 17.1 Å². The van der Waals surface area contributed by atoms with Gasteiger partial charge in [-0.3, -0.25) is 9.59 Å². The number of likely N-dealkylation sites (N-methyl/N-ethyl adjacent to an activating group) is 1. The summed E-state index contributed by atoms with van der Waals surface area (Å²) in [5, 5.41) is 4.81. The number of hydrogen-bond donors (Lipinski definition) is 1. The number of amides is 1. The van der Waals surface area contributed by atoms with Crippen LogP contribution in [-0.2, 0) is 22.7 Å². The molecule has 2 aliphatic rings. The van der Waals surface area contributed by atoms with E-state index in [4.69, 9.17) is 0 Å². The van der Waals surface area contributed by atoms with Crippen molar-refractivity contribution in [3.05, 3.63) is 72.1 Å². The molecule has 0 aliphatic carbocycles. The fourth-order valence-corrected chi connectivity index (χ4v) is 6.58. The summed E-state index contributed by atoms with van der Waals surface area (Å²) in [7, 11) is 1.63. The van der Waals surface area contributed by atoms with Crippen molar-refractivity contribution in [1.29, 1.82) is 0 Å². The molecular formula is C32H36N4O2. The third-order valence-electron chi connectivity index (χ3n) is 8.48. The number of benzene rings is 2. The van der Waals surface area contributed by atoms with Crippen LogP contribution in [0.15, 0.2) is 60.9 Å². The monoisotopic (exact) mass is 508 g/mol. The van der Waals surface area contributed by atoms with E-state index >= 15 is 0 Å². The summed E-state index contributed by atoms with van der Waals surface area (Å²) in [4.78, 5) is 28.9. The van der Waals surface area contributed by atoms with Gasteiger partial charge in [-0.2, -0.15) is 0 Å². The summed E-state index contributed by atoms with van der Waals surface area (Å²) in [6.07, 6.45) is 11.0. The number of aromatic nitrogens is 2. The fourth-order valence-electron chi connectivity index (χ4n) is 6.58. The van der Waals surface area contributed by atoms with Crippen molar-refractivity contribution in [3.63, 3.8) is 0 Å². The minimum atomic E-state index is -0.246. The number of aldehydes is 1. The number of fused-ring (bicyclic) bond motifs is 10. The zero-order chi connectivity index (χ0) is 26.1.